The molecule has 1 aliphatic carbocycles. The van der Waals surface area contributed by atoms with Gasteiger partial charge >= 0.3 is 5.97 Å². The van der Waals surface area contributed by atoms with Crippen molar-refractivity contribution in [1.29, 1.82) is 0 Å². The Morgan fingerprint density at radius 2 is 2.19 bits per heavy atom. The summed E-state index contributed by atoms with van der Waals surface area (Å²) in [7, 11) is 0. The van der Waals surface area contributed by atoms with Crippen molar-refractivity contribution in [2.45, 2.75) is 38.2 Å². The molecule has 0 atom stereocenters. The second-order valence-corrected chi connectivity index (χ2v) is 5.61. The van der Waals surface area contributed by atoms with E-state index in [0.717, 1.165) is 0 Å². The van der Waals surface area contributed by atoms with Gasteiger partial charge in [0.2, 0.25) is 0 Å². The highest BCUT2D eigenvalue weighted by molar-refractivity contribution is 5.72. The lowest BCUT2D eigenvalue weighted by molar-refractivity contribution is -0.150. The van der Waals surface area contributed by atoms with Crippen LogP contribution in [0.3, 0.4) is 0 Å². The number of esters is 1. The molecule has 0 spiro atoms. The molecule has 2 N–H and O–H groups in total. The van der Waals surface area contributed by atoms with Crippen molar-refractivity contribution in [3.8, 4) is 0 Å². The van der Waals surface area contributed by atoms with Crippen LogP contribution in [0.25, 0.3) is 0 Å². The van der Waals surface area contributed by atoms with E-state index in [0.29, 0.717) is 44.5 Å². The highest BCUT2D eigenvalue weighted by Gasteiger charge is 2.36. The number of anilines is 1. The SMILES string of the molecule is CCOC(=O)C1CCC(O)(CNc2cccc(F)c2)CC1. The zero-order valence-corrected chi connectivity index (χ0v) is 12.3. The minimum Gasteiger partial charge on any atom is -0.466 e. The van der Waals surface area contributed by atoms with Gasteiger partial charge in [-0.15, -0.1) is 0 Å². The van der Waals surface area contributed by atoms with Crippen LogP contribution in [0.1, 0.15) is 32.6 Å². The first-order valence-electron chi connectivity index (χ1n) is 7.41. The lowest BCUT2D eigenvalue weighted by Crippen LogP contribution is -2.42. The van der Waals surface area contributed by atoms with Crippen molar-refractivity contribution < 1.29 is 19.0 Å². The van der Waals surface area contributed by atoms with E-state index >= 15 is 0 Å². The van der Waals surface area contributed by atoms with Crippen LogP contribution in [0.15, 0.2) is 24.3 Å². The Kier molecular flexibility index (Phi) is 5.17. The van der Waals surface area contributed by atoms with Gasteiger partial charge in [0, 0.05) is 12.2 Å². The Balaban J connectivity index is 1.83. The third kappa shape index (κ3) is 4.43. The number of carbonyl (C=O) groups is 1. The number of hydrogen-bond donors (Lipinski definition) is 2. The van der Waals surface area contributed by atoms with Crippen LogP contribution in [0.5, 0.6) is 0 Å². The van der Waals surface area contributed by atoms with E-state index in [4.69, 9.17) is 4.74 Å². The van der Waals surface area contributed by atoms with Crippen LogP contribution >= 0.6 is 0 Å². The molecule has 0 saturated heterocycles. The molecule has 1 aromatic rings. The van der Waals surface area contributed by atoms with Gasteiger partial charge in [-0.1, -0.05) is 6.07 Å². The molecule has 0 bridgehead atoms. The number of halogens is 1. The summed E-state index contributed by atoms with van der Waals surface area (Å²) in [5.74, 6) is -0.588. The fourth-order valence-corrected chi connectivity index (χ4v) is 2.69. The summed E-state index contributed by atoms with van der Waals surface area (Å²) in [6.07, 6.45) is 2.33. The molecular weight excluding hydrogens is 273 g/mol. The monoisotopic (exact) mass is 295 g/mol. The third-order valence-corrected chi connectivity index (χ3v) is 3.98. The normalized spacial score (nSPS) is 25.4. The van der Waals surface area contributed by atoms with Crippen molar-refractivity contribution >= 4 is 11.7 Å². The average Bonchev–Trinajstić information content (AvgIpc) is 2.46. The van der Waals surface area contributed by atoms with Gasteiger partial charge in [-0.05, 0) is 50.8 Å². The predicted molar refractivity (Wildman–Crippen MR) is 78.4 cm³/mol. The van der Waals surface area contributed by atoms with Gasteiger partial charge in [0.15, 0.2) is 0 Å². The number of aliphatic hydroxyl groups is 1. The Hall–Kier alpha value is -1.62. The molecule has 116 valence electrons. The fraction of sp³-hybridized carbons (Fsp3) is 0.562. The van der Waals surface area contributed by atoms with Crippen LogP contribution in [-0.4, -0.2) is 29.8 Å². The average molecular weight is 295 g/mol. The molecule has 1 aromatic carbocycles. The first kappa shape index (κ1) is 15.8. The molecule has 5 heteroatoms. The van der Waals surface area contributed by atoms with Gasteiger partial charge in [0.1, 0.15) is 5.82 Å². The third-order valence-electron chi connectivity index (χ3n) is 3.98. The molecular formula is C16H22FNO3. The van der Waals surface area contributed by atoms with Crippen LogP contribution in [0.4, 0.5) is 10.1 Å². The molecule has 0 unspecified atom stereocenters. The van der Waals surface area contributed by atoms with Crippen molar-refractivity contribution in [2.75, 3.05) is 18.5 Å². The molecule has 2 rings (SSSR count). The second kappa shape index (κ2) is 6.89. The van der Waals surface area contributed by atoms with E-state index in [1.165, 1.54) is 12.1 Å². The first-order chi connectivity index (χ1) is 10.0. The molecule has 0 radical (unpaired) electrons. The van der Waals surface area contributed by atoms with Gasteiger partial charge in [-0.25, -0.2) is 4.39 Å². The van der Waals surface area contributed by atoms with Crippen LogP contribution in [0.2, 0.25) is 0 Å². The van der Waals surface area contributed by atoms with E-state index in [1.807, 2.05) is 0 Å². The topological polar surface area (TPSA) is 58.6 Å². The van der Waals surface area contributed by atoms with Crippen molar-refractivity contribution in [3.05, 3.63) is 30.1 Å². The summed E-state index contributed by atoms with van der Waals surface area (Å²) in [6, 6.07) is 6.16. The standard InChI is InChI=1S/C16H22FNO3/c1-2-21-15(19)12-6-8-16(20,9-7-12)11-18-14-5-3-4-13(17)10-14/h3-5,10,12,18,20H,2,6-9,11H2,1H3. The molecule has 1 saturated carbocycles. The molecule has 1 aliphatic rings. The Labute approximate surface area is 124 Å². The Morgan fingerprint density at radius 3 is 2.81 bits per heavy atom. The smallest absolute Gasteiger partial charge is 0.308 e. The number of ether oxygens (including phenoxy) is 1. The molecule has 1 fully saturated rings. The molecule has 0 aliphatic heterocycles. The van der Waals surface area contributed by atoms with E-state index in [1.54, 1.807) is 19.1 Å². The summed E-state index contributed by atoms with van der Waals surface area (Å²) < 4.78 is 18.1. The number of carbonyl (C=O) groups excluding carboxylic acids is 1. The summed E-state index contributed by atoms with van der Waals surface area (Å²) in [5.41, 5.74) is -0.203. The quantitative estimate of drug-likeness (QED) is 0.820. The lowest BCUT2D eigenvalue weighted by Gasteiger charge is -2.35. The number of benzene rings is 1. The van der Waals surface area contributed by atoms with Crippen molar-refractivity contribution in [1.82, 2.24) is 0 Å². The fourth-order valence-electron chi connectivity index (χ4n) is 2.69. The summed E-state index contributed by atoms with van der Waals surface area (Å²) in [5, 5.41) is 13.6. The largest absolute Gasteiger partial charge is 0.466 e. The van der Waals surface area contributed by atoms with Gasteiger partial charge in [-0.2, -0.15) is 0 Å². The summed E-state index contributed by atoms with van der Waals surface area (Å²) >= 11 is 0. The van der Waals surface area contributed by atoms with E-state index in [-0.39, 0.29) is 17.7 Å². The Bertz CT molecular complexity index is 484. The maximum absolute atomic E-state index is 13.1. The van der Waals surface area contributed by atoms with Gasteiger partial charge in [0.25, 0.3) is 0 Å². The summed E-state index contributed by atoms with van der Waals surface area (Å²) in [6.45, 7) is 2.53. The van der Waals surface area contributed by atoms with E-state index in [2.05, 4.69) is 5.32 Å². The summed E-state index contributed by atoms with van der Waals surface area (Å²) in [4.78, 5) is 11.7. The highest BCUT2D eigenvalue weighted by Crippen LogP contribution is 2.33. The van der Waals surface area contributed by atoms with E-state index in [9.17, 15) is 14.3 Å². The van der Waals surface area contributed by atoms with Gasteiger partial charge in [-0.3, -0.25) is 4.79 Å². The second-order valence-electron chi connectivity index (χ2n) is 5.61. The lowest BCUT2D eigenvalue weighted by atomic mass is 9.78. The molecule has 0 amide bonds. The molecule has 0 heterocycles. The Morgan fingerprint density at radius 1 is 1.48 bits per heavy atom. The minimum atomic E-state index is -0.852. The molecule has 4 nitrogen and oxygen atoms in total. The predicted octanol–water partition coefficient (Wildman–Crippen LogP) is 2.72. The van der Waals surface area contributed by atoms with Crippen LogP contribution in [-0.2, 0) is 9.53 Å². The molecule has 0 aromatic heterocycles. The zero-order valence-electron chi connectivity index (χ0n) is 12.3. The zero-order chi connectivity index (χ0) is 15.3. The van der Waals surface area contributed by atoms with Gasteiger partial charge in [0.05, 0.1) is 18.1 Å². The maximum atomic E-state index is 13.1. The van der Waals surface area contributed by atoms with Crippen LogP contribution < -0.4 is 5.32 Å². The molecule has 21 heavy (non-hydrogen) atoms. The number of rotatable bonds is 5. The van der Waals surface area contributed by atoms with Crippen LogP contribution in [0, 0.1) is 11.7 Å². The number of nitrogens with one attached hydrogen (secondary N) is 1. The van der Waals surface area contributed by atoms with Crippen molar-refractivity contribution in [2.24, 2.45) is 5.92 Å². The first-order valence-corrected chi connectivity index (χ1v) is 7.41. The maximum Gasteiger partial charge on any atom is 0.308 e. The highest BCUT2D eigenvalue weighted by atomic mass is 19.1. The van der Waals surface area contributed by atoms with Gasteiger partial charge < -0.3 is 15.2 Å². The van der Waals surface area contributed by atoms with E-state index < -0.39 is 5.60 Å². The minimum absolute atomic E-state index is 0.112. The van der Waals surface area contributed by atoms with Crippen molar-refractivity contribution in [3.63, 3.8) is 0 Å². The number of hydrogen-bond acceptors (Lipinski definition) is 4.